The average Bonchev–Trinajstić information content (AvgIpc) is 2.30. The lowest BCUT2D eigenvalue weighted by molar-refractivity contribution is 0.867. The Kier molecular flexibility index (Phi) is 4.30. The summed E-state index contributed by atoms with van der Waals surface area (Å²) in [5.41, 5.74) is 11.0. The fourth-order valence-electron chi connectivity index (χ4n) is 2.09. The van der Waals surface area contributed by atoms with Crippen LogP contribution in [-0.4, -0.2) is 0 Å². The first-order valence-electron chi connectivity index (χ1n) is 5.76. The van der Waals surface area contributed by atoms with Crippen LogP contribution in [0.25, 0.3) is 0 Å². The minimum atomic E-state index is -0.127. The van der Waals surface area contributed by atoms with Crippen molar-refractivity contribution in [2.75, 3.05) is 0 Å². The third-order valence-corrected chi connectivity index (χ3v) is 4.48. The van der Waals surface area contributed by atoms with E-state index in [1.165, 1.54) is 11.1 Å². The van der Waals surface area contributed by atoms with Crippen molar-refractivity contribution in [1.29, 1.82) is 0 Å². The summed E-state index contributed by atoms with van der Waals surface area (Å²) in [5.74, 6) is 0. The predicted octanol–water partition coefficient (Wildman–Crippen LogP) is 4.61. The molecular weight excluding hydrogens is 357 g/mol. The summed E-state index contributed by atoms with van der Waals surface area (Å²) >= 11 is 8.36. The van der Waals surface area contributed by atoms with E-state index in [1.807, 2.05) is 18.2 Å². The summed E-state index contributed by atoms with van der Waals surface area (Å²) in [5, 5.41) is 0.757. The zero-order valence-electron chi connectivity index (χ0n) is 10.4. The second-order valence-electron chi connectivity index (χ2n) is 4.57. The molecule has 0 bridgehead atoms. The van der Waals surface area contributed by atoms with Crippen LogP contribution in [0, 0.1) is 17.4 Å². The summed E-state index contributed by atoms with van der Waals surface area (Å²) < 4.78 is 1.05. The number of nitrogens with two attached hydrogens (primary N) is 1. The van der Waals surface area contributed by atoms with Crippen LogP contribution in [0.5, 0.6) is 0 Å². The molecule has 0 spiro atoms. The predicted molar refractivity (Wildman–Crippen MR) is 86.1 cm³/mol. The zero-order chi connectivity index (χ0) is 13.3. The highest BCUT2D eigenvalue weighted by atomic mass is 127. The van der Waals surface area contributed by atoms with E-state index in [1.54, 1.807) is 0 Å². The topological polar surface area (TPSA) is 26.0 Å². The molecule has 0 aliphatic heterocycles. The van der Waals surface area contributed by atoms with Crippen LogP contribution in [0.15, 0.2) is 36.4 Å². The quantitative estimate of drug-likeness (QED) is 0.767. The van der Waals surface area contributed by atoms with Gasteiger partial charge in [-0.05, 0) is 59.7 Å². The van der Waals surface area contributed by atoms with Gasteiger partial charge in [-0.15, -0.1) is 0 Å². The first-order valence-corrected chi connectivity index (χ1v) is 7.22. The molecule has 1 nitrogen and oxygen atoms in total. The number of hydrogen-bond donors (Lipinski definition) is 1. The lowest BCUT2D eigenvalue weighted by atomic mass is 9.96. The molecular formula is C15H15ClIN. The number of halogens is 2. The minimum Gasteiger partial charge on any atom is -0.320 e. The highest BCUT2D eigenvalue weighted by Crippen LogP contribution is 2.26. The molecule has 94 valence electrons. The highest BCUT2D eigenvalue weighted by molar-refractivity contribution is 14.1. The van der Waals surface area contributed by atoms with Gasteiger partial charge < -0.3 is 5.73 Å². The molecule has 0 amide bonds. The second-order valence-corrected chi connectivity index (χ2v) is 6.14. The lowest BCUT2D eigenvalue weighted by Gasteiger charge is -2.15. The Morgan fingerprint density at radius 1 is 1.00 bits per heavy atom. The van der Waals surface area contributed by atoms with Gasteiger partial charge in [0.2, 0.25) is 0 Å². The molecule has 18 heavy (non-hydrogen) atoms. The molecule has 2 rings (SSSR count). The normalized spacial score (nSPS) is 12.5. The summed E-state index contributed by atoms with van der Waals surface area (Å²) in [4.78, 5) is 0. The molecule has 2 aromatic carbocycles. The van der Waals surface area contributed by atoms with Crippen LogP contribution in [0.3, 0.4) is 0 Å². The molecule has 0 aliphatic rings. The number of aryl methyl sites for hydroxylation is 2. The van der Waals surface area contributed by atoms with Gasteiger partial charge in [0.25, 0.3) is 0 Å². The van der Waals surface area contributed by atoms with Gasteiger partial charge in [0, 0.05) is 3.57 Å². The molecule has 2 N–H and O–H groups in total. The van der Waals surface area contributed by atoms with Crippen molar-refractivity contribution in [2.24, 2.45) is 5.73 Å². The van der Waals surface area contributed by atoms with Gasteiger partial charge in [0.1, 0.15) is 0 Å². The van der Waals surface area contributed by atoms with Crippen molar-refractivity contribution < 1.29 is 0 Å². The van der Waals surface area contributed by atoms with Crippen molar-refractivity contribution >= 4 is 34.2 Å². The third kappa shape index (κ3) is 3.05. The monoisotopic (exact) mass is 371 g/mol. The lowest BCUT2D eigenvalue weighted by Crippen LogP contribution is -2.12. The van der Waals surface area contributed by atoms with Gasteiger partial charge in [0.15, 0.2) is 0 Å². The standard InChI is InChI=1S/C15H15ClIN/c1-9-5-10(2)7-12(6-9)15(18)11-3-4-14(17)13(16)8-11/h3-8,15H,18H2,1-2H3. The maximum Gasteiger partial charge on any atom is 0.0552 e. The smallest absolute Gasteiger partial charge is 0.0552 e. The Hall–Kier alpha value is -0.580. The first-order chi connectivity index (χ1) is 8.47. The summed E-state index contributed by atoms with van der Waals surface area (Å²) in [6.45, 7) is 4.17. The Labute approximate surface area is 126 Å². The molecule has 1 unspecified atom stereocenters. The molecule has 0 aromatic heterocycles. The summed E-state index contributed by atoms with van der Waals surface area (Å²) in [7, 11) is 0. The van der Waals surface area contributed by atoms with Gasteiger partial charge in [-0.3, -0.25) is 0 Å². The summed E-state index contributed by atoms with van der Waals surface area (Å²) in [6.07, 6.45) is 0. The van der Waals surface area contributed by atoms with E-state index in [2.05, 4.69) is 54.6 Å². The van der Waals surface area contributed by atoms with E-state index in [4.69, 9.17) is 17.3 Å². The van der Waals surface area contributed by atoms with Crippen LogP contribution in [0.4, 0.5) is 0 Å². The van der Waals surface area contributed by atoms with Crippen molar-refractivity contribution in [1.82, 2.24) is 0 Å². The highest BCUT2D eigenvalue weighted by Gasteiger charge is 2.11. The first kappa shape index (κ1) is 13.8. The van der Waals surface area contributed by atoms with Gasteiger partial charge >= 0.3 is 0 Å². The molecule has 0 saturated heterocycles. The fourth-order valence-corrected chi connectivity index (χ4v) is 2.61. The van der Waals surface area contributed by atoms with Crippen LogP contribution in [0.2, 0.25) is 5.02 Å². The van der Waals surface area contributed by atoms with Crippen molar-refractivity contribution in [3.05, 3.63) is 67.2 Å². The van der Waals surface area contributed by atoms with Crippen LogP contribution in [-0.2, 0) is 0 Å². The Morgan fingerprint density at radius 2 is 1.61 bits per heavy atom. The summed E-state index contributed by atoms with van der Waals surface area (Å²) in [6, 6.07) is 12.3. The van der Waals surface area contributed by atoms with Gasteiger partial charge in [-0.1, -0.05) is 47.0 Å². The fraction of sp³-hybridized carbons (Fsp3) is 0.200. The van der Waals surface area contributed by atoms with Crippen LogP contribution in [0.1, 0.15) is 28.3 Å². The zero-order valence-corrected chi connectivity index (χ0v) is 13.3. The molecule has 1 atom stereocenters. The van der Waals surface area contributed by atoms with E-state index in [0.717, 1.165) is 19.7 Å². The number of benzene rings is 2. The Morgan fingerprint density at radius 3 is 2.17 bits per heavy atom. The SMILES string of the molecule is Cc1cc(C)cc(C(N)c2ccc(I)c(Cl)c2)c1. The number of hydrogen-bond acceptors (Lipinski definition) is 1. The molecule has 0 heterocycles. The van der Waals surface area contributed by atoms with Crippen LogP contribution >= 0.6 is 34.2 Å². The van der Waals surface area contributed by atoms with E-state index in [-0.39, 0.29) is 6.04 Å². The second kappa shape index (κ2) is 5.59. The largest absolute Gasteiger partial charge is 0.320 e. The van der Waals surface area contributed by atoms with E-state index >= 15 is 0 Å². The van der Waals surface area contributed by atoms with Crippen molar-refractivity contribution in [3.8, 4) is 0 Å². The van der Waals surface area contributed by atoms with E-state index in [0.29, 0.717) is 0 Å². The maximum absolute atomic E-state index is 6.31. The number of rotatable bonds is 2. The molecule has 0 radical (unpaired) electrons. The molecule has 0 fully saturated rings. The molecule has 0 aliphatic carbocycles. The van der Waals surface area contributed by atoms with Crippen molar-refractivity contribution in [3.63, 3.8) is 0 Å². The Bertz CT molecular complexity index is 560. The maximum atomic E-state index is 6.31. The van der Waals surface area contributed by atoms with Gasteiger partial charge in [-0.25, -0.2) is 0 Å². The van der Waals surface area contributed by atoms with E-state index in [9.17, 15) is 0 Å². The molecule has 3 heteroatoms. The van der Waals surface area contributed by atoms with E-state index < -0.39 is 0 Å². The average molecular weight is 372 g/mol. The Balaban J connectivity index is 2.40. The third-order valence-electron chi connectivity index (χ3n) is 2.91. The van der Waals surface area contributed by atoms with Crippen molar-refractivity contribution in [2.45, 2.75) is 19.9 Å². The minimum absolute atomic E-state index is 0.127. The van der Waals surface area contributed by atoms with Gasteiger partial charge in [-0.2, -0.15) is 0 Å². The molecule has 2 aromatic rings. The van der Waals surface area contributed by atoms with Crippen LogP contribution < -0.4 is 5.73 Å². The molecule has 0 saturated carbocycles. The van der Waals surface area contributed by atoms with Gasteiger partial charge in [0.05, 0.1) is 11.1 Å².